The van der Waals surface area contributed by atoms with E-state index in [1.807, 2.05) is 31.2 Å². The second kappa shape index (κ2) is 5.38. The van der Waals surface area contributed by atoms with Gasteiger partial charge in [0.05, 0.1) is 19.1 Å². The van der Waals surface area contributed by atoms with Crippen molar-refractivity contribution in [2.45, 2.75) is 25.8 Å². The maximum Gasteiger partial charge on any atom is 0.251 e. The van der Waals surface area contributed by atoms with Gasteiger partial charge in [-0.3, -0.25) is 4.79 Å². The van der Waals surface area contributed by atoms with Crippen LogP contribution in [0.1, 0.15) is 28.8 Å². The Balaban J connectivity index is 1.72. The lowest BCUT2D eigenvalue weighted by Gasteiger charge is -2.51. The second-order valence-electron chi connectivity index (χ2n) is 6.32. The first-order chi connectivity index (χ1) is 9.63. The highest BCUT2D eigenvalue weighted by Crippen LogP contribution is 2.34. The van der Waals surface area contributed by atoms with Crippen LogP contribution in [-0.2, 0) is 0 Å². The molecule has 0 saturated carbocycles. The number of rotatable bonds is 3. The van der Waals surface area contributed by atoms with E-state index in [-0.39, 0.29) is 11.9 Å². The number of halogens is 1. The van der Waals surface area contributed by atoms with Crippen molar-refractivity contribution in [3.05, 3.63) is 35.4 Å². The van der Waals surface area contributed by atoms with Crippen LogP contribution in [0, 0.1) is 12.8 Å². The molecule has 0 spiro atoms. The molecule has 20 heavy (non-hydrogen) atoms. The maximum absolute atomic E-state index is 12.5. The number of nitrogens with one attached hydrogen (secondary N) is 1. The molecule has 1 amide bonds. The molecule has 4 heteroatoms. The molecule has 3 heterocycles. The lowest BCUT2D eigenvalue weighted by Crippen LogP contribution is -2.66. The number of hydrogen-bond acceptors (Lipinski definition) is 1. The smallest absolute Gasteiger partial charge is 0.251 e. The Morgan fingerprint density at radius 3 is 2.70 bits per heavy atom. The molecular weight excluding hydrogens is 272 g/mol. The van der Waals surface area contributed by atoms with Crippen LogP contribution < -0.4 is 5.32 Å². The van der Waals surface area contributed by atoms with Gasteiger partial charge in [0, 0.05) is 18.4 Å². The average Bonchev–Trinajstić information content (AvgIpc) is 2.49. The van der Waals surface area contributed by atoms with Crippen LogP contribution in [0.5, 0.6) is 0 Å². The topological polar surface area (TPSA) is 29.1 Å². The summed E-state index contributed by atoms with van der Waals surface area (Å²) in [4.78, 5) is 12.5. The highest BCUT2D eigenvalue weighted by molar-refractivity contribution is 6.17. The van der Waals surface area contributed by atoms with E-state index >= 15 is 0 Å². The summed E-state index contributed by atoms with van der Waals surface area (Å²) in [5.74, 6) is 0.695. The van der Waals surface area contributed by atoms with Crippen LogP contribution in [-0.4, -0.2) is 42.1 Å². The van der Waals surface area contributed by atoms with Gasteiger partial charge >= 0.3 is 0 Å². The molecule has 1 unspecified atom stereocenters. The molecule has 0 aliphatic carbocycles. The van der Waals surface area contributed by atoms with Gasteiger partial charge in [-0.2, -0.15) is 0 Å². The lowest BCUT2D eigenvalue weighted by molar-refractivity contribution is -0.933. The van der Waals surface area contributed by atoms with Crippen LogP contribution in [0.3, 0.4) is 0 Å². The van der Waals surface area contributed by atoms with E-state index in [0.29, 0.717) is 11.9 Å². The summed E-state index contributed by atoms with van der Waals surface area (Å²) in [6.07, 6.45) is 2.37. The molecule has 108 valence electrons. The van der Waals surface area contributed by atoms with E-state index in [0.717, 1.165) is 22.2 Å². The average molecular weight is 294 g/mol. The van der Waals surface area contributed by atoms with Crippen molar-refractivity contribution >= 4 is 17.5 Å². The van der Waals surface area contributed by atoms with E-state index in [9.17, 15) is 4.79 Å². The van der Waals surface area contributed by atoms with Gasteiger partial charge in [-0.25, -0.2) is 0 Å². The van der Waals surface area contributed by atoms with Crippen molar-refractivity contribution in [2.75, 3.05) is 25.6 Å². The number of nitrogens with zero attached hydrogens (tertiary/aromatic N) is 1. The van der Waals surface area contributed by atoms with Crippen molar-refractivity contribution in [3.63, 3.8) is 0 Å². The van der Waals surface area contributed by atoms with E-state index in [1.54, 1.807) is 0 Å². The third kappa shape index (κ3) is 2.45. The van der Waals surface area contributed by atoms with Gasteiger partial charge in [0.2, 0.25) is 0 Å². The Bertz CT molecular complexity index is 509. The number of aryl methyl sites for hydroxylation is 1. The zero-order chi connectivity index (χ0) is 14.2. The molecule has 3 fully saturated rings. The molecule has 3 aliphatic heterocycles. The Kier molecular flexibility index (Phi) is 3.74. The lowest BCUT2D eigenvalue weighted by atomic mass is 9.82. The van der Waals surface area contributed by atoms with Crippen molar-refractivity contribution in [2.24, 2.45) is 5.92 Å². The van der Waals surface area contributed by atoms with E-state index in [4.69, 9.17) is 11.6 Å². The summed E-state index contributed by atoms with van der Waals surface area (Å²) in [7, 11) is 0. The highest BCUT2D eigenvalue weighted by Gasteiger charge is 2.45. The largest absolute Gasteiger partial charge is 0.343 e. The maximum atomic E-state index is 12.5. The first-order valence-corrected chi connectivity index (χ1v) is 7.94. The molecule has 3 saturated heterocycles. The summed E-state index contributed by atoms with van der Waals surface area (Å²) in [5, 5.41) is 3.25. The number of amides is 1. The molecule has 1 aromatic carbocycles. The van der Waals surface area contributed by atoms with Gasteiger partial charge in [-0.05, 0) is 24.5 Å². The molecule has 0 radical (unpaired) electrons. The number of carbonyl (C=O) groups is 1. The van der Waals surface area contributed by atoms with Gasteiger partial charge in [-0.1, -0.05) is 29.8 Å². The highest BCUT2D eigenvalue weighted by atomic mass is 35.5. The standard InChI is InChI=1S/C16H21ClN2O/c1-12-4-2-3-5-14(12)16(20)18-15-10-19(11-17)8-6-13(15)7-9-19/h2-5,13,15H,6-11H2,1H3/p+1. The Labute approximate surface area is 125 Å². The van der Waals surface area contributed by atoms with Gasteiger partial charge in [-0.15, -0.1) is 0 Å². The summed E-state index contributed by atoms with van der Waals surface area (Å²) in [5.41, 5.74) is 1.83. The molecule has 4 rings (SSSR count). The predicted octanol–water partition coefficient (Wildman–Crippen LogP) is 2.53. The van der Waals surface area contributed by atoms with E-state index in [2.05, 4.69) is 5.32 Å². The number of alkyl halides is 1. The number of piperidine rings is 3. The van der Waals surface area contributed by atoms with Crippen LogP contribution in [0.25, 0.3) is 0 Å². The van der Waals surface area contributed by atoms with Gasteiger partial charge in [0.1, 0.15) is 6.54 Å². The van der Waals surface area contributed by atoms with Gasteiger partial charge < -0.3 is 9.80 Å². The first kappa shape index (κ1) is 13.9. The minimum absolute atomic E-state index is 0.0644. The quantitative estimate of drug-likeness (QED) is 0.518. The van der Waals surface area contributed by atoms with Crippen LogP contribution in [0.4, 0.5) is 0 Å². The minimum atomic E-state index is 0.0644. The normalized spacial score (nSPS) is 32.1. The fourth-order valence-corrected chi connectivity index (χ4v) is 4.03. The number of carbonyl (C=O) groups excluding carboxylic acids is 1. The summed E-state index contributed by atoms with van der Waals surface area (Å²) in [6.45, 7) is 5.32. The number of quaternary nitrogens is 1. The zero-order valence-electron chi connectivity index (χ0n) is 11.9. The Morgan fingerprint density at radius 1 is 1.35 bits per heavy atom. The Hall–Kier alpha value is -1.06. The van der Waals surface area contributed by atoms with Gasteiger partial charge in [0.15, 0.2) is 6.00 Å². The first-order valence-electron chi connectivity index (χ1n) is 7.41. The fourth-order valence-electron chi connectivity index (χ4n) is 3.69. The van der Waals surface area contributed by atoms with Crippen LogP contribution >= 0.6 is 11.6 Å². The zero-order valence-corrected chi connectivity index (χ0v) is 12.7. The fraction of sp³-hybridized carbons (Fsp3) is 0.562. The summed E-state index contributed by atoms with van der Waals surface area (Å²) in [6, 6.07) is 8.72. The summed E-state index contributed by atoms with van der Waals surface area (Å²) >= 11 is 6.17. The number of fused-ring (bicyclic) bond motifs is 3. The molecular formula is C16H22ClN2O+. The molecule has 3 nitrogen and oxygen atoms in total. The molecule has 1 N–H and O–H groups in total. The molecule has 3 aliphatic rings. The van der Waals surface area contributed by atoms with Crippen LogP contribution in [0.15, 0.2) is 24.3 Å². The predicted molar refractivity (Wildman–Crippen MR) is 80.7 cm³/mol. The summed E-state index contributed by atoms with van der Waals surface area (Å²) < 4.78 is 0.969. The molecule has 1 atom stereocenters. The van der Waals surface area contributed by atoms with Crippen molar-refractivity contribution < 1.29 is 9.28 Å². The van der Waals surface area contributed by atoms with Crippen LogP contribution in [0.2, 0.25) is 0 Å². The number of benzene rings is 1. The SMILES string of the molecule is Cc1ccccc1C(=O)NC1C[N+]2(CCl)CCC1CC2. The monoisotopic (exact) mass is 293 g/mol. The second-order valence-corrected chi connectivity index (χ2v) is 6.56. The van der Waals surface area contributed by atoms with Crippen molar-refractivity contribution in [1.82, 2.24) is 5.32 Å². The molecule has 0 aromatic heterocycles. The third-order valence-corrected chi connectivity index (χ3v) is 5.57. The van der Waals surface area contributed by atoms with Crippen molar-refractivity contribution in [1.29, 1.82) is 0 Å². The molecule has 2 bridgehead atoms. The third-order valence-electron chi connectivity index (χ3n) is 5.06. The van der Waals surface area contributed by atoms with Crippen molar-refractivity contribution in [3.8, 4) is 0 Å². The van der Waals surface area contributed by atoms with E-state index in [1.165, 1.54) is 25.9 Å². The minimum Gasteiger partial charge on any atom is -0.343 e. The molecule has 1 aromatic rings. The van der Waals surface area contributed by atoms with E-state index < -0.39 is 0 Å². The number of hydrogen-bond donors (Lipinski definition) is 1. The van der Waals surface area contributed by atoms with Gasteiger partial charge in [0.25, 0.3) is 5.91 Å². The Morgan fingerprint density at radius 2 is 2.05 bits per heavy atom.